The lowest BCUT2D eigenvalue weighted by Crippen LogP contribution is -2.29. The molecule has 0 aromatic heterocycles. The quantitative estimate of drug-likeness (QED) is 0.452. The van der Waals surface area contributed by atoms with E-state index in [2.05, 4.69) is 5.32 Å². The van der Waals surface area contributed by atoms with Crippen LogP contribution in [0.1, 0.15) is 19.8 Å². The second-order valence-corrected chi connectivity index (χ2v) is 4.54. The second kappa shape index (κ2) is 9.02. The Morgan fingerprint density at radius 1 is 1.43 bits per heavy atom. The van der Waals surface area contributed by atoms with E-state index in [1.165, 1.54) is 18.2 Å². The van der Waals surface area contributed by atoms with Gasteiger partial charge in [-0.1, -0.05) is 24.9 Å². The number of nitro benzene ring substituents is 1. The summed E-state index contributed by atoms with van der Waals surface area (Å²) in [5, 5.41) is 13.2. The first-order chi connectivity index (χ1) is 10.0. The molecule has 1 rings (SSSR count). The number of nitro groups is 1. The van der Waals surface area contributed by atoms with Crippen LogP contribution in [0.2, 0.25) is 5.02 Å². The van der Waals surface area contributed by atoms with Gasteiger partial charge < -0.3 is 14.8 Å². The molecule has 1 amide bonds. The van der Waals surface area contributed by atoms with E-state index in [1.807, 2.05) is 6.92 Å². The van der Waals surface area contributed by atoms with Crippen LogP contribution < -0.4 is 10.1 Å². The average molecular weight is 317 g/mol. The number of hydrogen-bond donors (Lipinski definition) is 1. The van der Waals surface area contributed by atoms with Crippen LogP contribution in [-0.2, 0) is 4.74 Å². The van der Waals surface area contributed by atoms with Crippen LogP contribution in [0, 0.1) is 10.1 Å². The lowest BCUT2D eigenvalue weighted by Gasteiger charge is -2.09. The summed E-state index contributed by atoms with van der Waals surface area (Å²) in [5.74, 6) is 0.323. The summed E-state index contributed by atoms with van der Waals surface area (Å²) in [6, 6.07) is 3.93. The highest BCUT2D eigenvalue weighted by atomic mass is 35.5. The number of halogens is 1. The van der Waals surface area contributed by atoms with Crippen LogP contribution in [0.15, 0.2) is 18.2 Å². The third-order valence-electron chi connectivity index (χ3n) is 2.49. The summed E-state index contributed by atoms with van der Waals surface area (Å²) in [5.41, 5.74) is -0.107. The zero-order valence-corrected chi connectivity index (χ0v) is 12.4. The second-order valence-electron chi connectivity index (χ2n) is 4.14. The normalized spacial score (nSPS) is 10.0. The Morgan fingerprint density at radius 2 is 2.19 bits per heavy atom. The van der Waals surface area contributed by atoms with Crippen LogP contribution in [-0.4, -0.2) is 30.8 Å². The van der Waals surface area contributed by atoms with E-state index in [0.717, 1.165) is 12.8 Å². The molecule has 0 heterocycles. The van der Waals surface area contributed by atoms with Gasteiger partial charge in [0, 0.05) is 12.1 Å². The van der Waals surface area contributed by atoms with Crippen molar-refractivity contribution in [2.45, 2.75) is 19.8 Å². The number of rotatable bonds is 8. The minimum atomic E-state index is -0.538. The summed E-state index contributed by atoms with van der Waals surface area (Å²) in [6.07, 6.45) is 1.28. The number of unbranched alkanes of at least 4 members (excludes halogenated alkanes) is 1. The van der Waals surface area contributed by atoms with Crippen LogP contribution in [0.25, 0.3) is 0 Å². The van der Waals surface area contributed by atoms with Gasteiger partial charge in [0.15, 0.2) is 0 Å². The third-order valence-corrected chi connectivity index (χ3v) is 2.78. The first-order valence-corrected chi connectivity index (χ1v) is 6.89. The monoisotopic (exact) mass is 316 g/mol. The van der Waals surface area contributed by atoms with Gasteiger partial charge in [-0.3, -0.25) is 10.1 Å². The fourth-order valence-electron chi connectivity index (χ4n) is 1.39. The van der Waals surface area contributed by atoms with Crippen molar-refractivity contribution in [1.29, 1.82) is 0 Å². The van der Waals surface area contributed by atoms with E-state index < -0.39 is 11.0 Å². The SMILES string of the molecule is CCCCOC(=O)NCCOc1ccc([N+](=O)[O-])cc1Cl. The Bertz CT molecular complexity index is 495. The van der Waals surface area contributed by atoms with Gasteiger partial charge >= 0.3 is 6.09 Å². The summed E-state index contributed by atoms with van der Waals surface area (Å²) in [7, 11) is 0. The molecule has 21 heavy (non-hydrogen) atoms. The zero-order chi connectivity index (χ0) is 15.7. The smallest absolute Gasteiger partial charge is 0.407 e. The molecule has 0 saturated heterocycles. The molecule has 1 N–H and O–H groups in total. The maximum Gasteiger partial charge on any atom is 0.407 e. The molecular formula is C13H17ClN2O5. The van der Waals surface area contributed by atoms with Crippen LogP contribution in [0.3, 0.4) is 0 Å². The van der Waals surface area contributed by atoms with Gasteiger partial charge in [-0.05, 0) is 12.5 Å². The molecular weight excluding hydrogens is 300 g/mol. The van der Waals surface area contributed by atoms with E-state index in [-0.39, 0.29) is 23.9 Å². The first kappa shape index (κ1) is 17.0. The van der Waals surface area contributed by atoms with E-state index >= 15 is 0 Å². The predicted octanol–water partition coefficient (Wildman–Crippen LogP) is 3.15. The van der Waals surface area contributed by atoms with Crippen molar-refractivity contribution in [3.05, 3.63) is 33.3 Å². The fourth-order valence-corrected chi connectivity index (χ4v) is 1.62. The van der Waals surface area contributed by atoms with Crippen LogP contribution >= 0.6 is 11.6 Å². The molecule has 0 unspecified atom stereocenters. The van der Waals surface area contributed by atoms with Crippen LogP contribution in [0.5, 0.6) is 5.75 Å². The highest BCUT2D eigenvalue weighted by Gasteiger charge is 2.10. The summed E-state index contributed by atoms with van der Waals surface area (Å²) in [4.78, 5) is 21.2. The Balaban J connectivity index is 2.30. The highest BCUT2D eigenvalue weighted by Crippen LogP contribution is 2.28. The maximum absolute atomic E-state index is 11.2. The molecule has 0 atom stereocenters. The van der Waals surface area contributed by atoms with Crippen molar-refractivity contribution in [1.82, 2.24) is 5.32 Å². The number of alkyl carbamates (subject to hydrolysis) is 1. The number of carbonyl (C=O) groups excluding carboxylic acids is 1. The van der Waals surface area contributed by atoms with Crippen molar-refractivity contribution < 1.29 is 19.2 Å². The third kappa shape index (κ3) is 6.31. The van der Waals surface area contributed by atoms with Crippen molar-refractivity contribution in [3.8, 4) is 5.75 Å². The number of benzene rings is 1. The topological polar surface area (TPSA) is 90.7 Å². The van der Waals surface area contributed by atoms with Crippen molar-refractivity contribution >= 4 is 23.4 Å². The van der Waals surface area contributed by atoms with Gasteiger partial charge in [-0.15, -0.1) is 0 Å². The molecule has 116 valence electrons. The summed E-state index contributed by atoms with van der Waals surface area (Å²) < 4.78 is 10.2. The summed E-state index contributed by atoms with van der Waals surface area (Å²) >= 11 is 5.86. The van der Waals surface area contributed by atoms with Crippen molar-refractivity contribution in [2.24, 2.45) is 0 Å². The largest absolute Gasteiger partial charge is 0.490 e. The maximum atomic E-state index is 11.2. The molecule has 7 nitrogen and oxygen atoms in total. The first-order valence-electron chi connectivity index (χ1n) is 6.52. The molecule has 8 heteroatoms. The van der Waals surface area contributed by atoms with Crippen molar-refractivity contribution in [2.75, 3.05) is 19.8 Å². The average Bonchev–Trinajstić information content (AvgIpc) is 2.45. The number of amides is 1. The van der Waals surface area contributed by atoms with Gasteiger partial charge in [0.25, 0.3) is 5.69 Å². The van der Waals surface area contributed by atoms with E-state index in [1.54, 1.807) is 0 Å². The molecule has 0 aliphatic carbocycles. The minimum absolute atomic E-state index is 0.107. The Morgan fingerprint density at radius 3 is 2.81 bits per heavy atom. The number of ether oxygens (including phenoxy) is 2. The number of hydrogen-bond acceptors (Lipinski definition) is 5. The van der Waals surface area contributed by atoms with Gasteiger partial charge in [-0.2, -0.15) is 0 Å². The molecule has 0 aliphatic heterocycles. The minimum Gasteiger partial charge on any atom is -0.490 e. The lowest BCUT2D eigenvalue weighted by atomic mass is 10.3. The number of nitrogens with one attached hydrogen (secondary N) is 1. The van der Waals surface area contributed by atoms with Gasteiger partial charge in [0.1, 0.15) is 12.4 Å². The number of nitrogens with zero attached hydrogens (tertiary/aromatic N) is 1. The molecule has 0 radical (unpaired) electrons. The van der Waals surface area contributed by atoms with Crippen molar-refractivity contribution in [3.63, 3.8) is 0 Å². The molecule has 1 aromatic carbocycles. The molecule has 1 aromatic rings. The Labute approximate surface area is 127 Å². The van der Waals surface area contributed by atoms with Crippen LogP contribution in [0.4, 0.5) is 10.5 Å². The lowest BCUT2D eigenvalue weighted by molar-refractivity contribution is -0.384. The van der Waals surface area contributed by atoms with E-state index in [0.29, 0.717) is 12.4 Å². The van der Waals surface area contributed by atoms with E-state index in [4.69, 9.17) is 21.1 Å². The van der Waals surface area contributed by atoms with Gasteiger partial charge in [-0.25, -0.2) is 4.79 Å². The molecule has 0 spiro atoms. The van der Waals surface area contributed by atoms with Gasteiger partial charge in [0.05, 0.1) is 23.1 Å². The van der Waals surface area contributed by atoms with E-state index in [9.17, 15) is 14.9 Å². The fraction of sp³-hybridized carbons (Fsp3) is 0.462. The molecule has 0 fully saturated rings. The highest BCUT2D eigenvalue weighted by molar-refractivity contribution is 6.32. The Kier molecular flexibility index (Phi) is 7.31. The molecule has 0 saturated carbocycles. The molecule has 0 bridgehead atoms. The summed E-state index contributed by atoms with van der Waals surface area (Å²) in [6.45, 7) is 2.82. The van der Waals surface area contributed by atoms with Gasteiger partial charge in [0.2, 0.25) is 0 Å². The number of carbonyl (C=O) groups is 1. The Hall–Kier alpha value is -2.02. The number of non-ortho nitro benzene ring substituents is 1. The zero-order valence-electron chi connectivity index (χ0n) is 11.6. The molecule has 0 aliphatic rings. The standard InChI is InChI=1S/C13H17ClN2O5/c1-2-3-7-21-13(17)15-6-8-20-12-5-4-10(16(18)19)9-11(12)14/h4-5,9H,2-3,6-8H2,1H3,(H,15,17). The predicted molar refractivity (Wildman–Crippen MR) is 77.9 cm³/mol.